The number of benzene rings is 2. The summed E-state index contributed by atoms with van der Waals surface area (Å²) in [5, 5.41) is 0. The Morgan fingerprint density at radius 2 is 1.77 bits per heavy atom. The first-order chi connectivity index (χ1) is 12.0. The van der Waals surface area contributed by atoms with Gasteiger partial charge in [0.2, 0.25) is 0 Å². The summed E-state index contributed by atoms with van der Waals surface area (Å²) in [7, 11) is 0. The molecule has 1 saturated heterocycles. The van der Waals surface area contributed by atoms with Crippen LogP contribution in [0.2, 0.25) is 0 Å². The average Bonchev–Trinajstić information content (AvgIpc) is 2.56. The van der Waals surface area contributed by atoms with Gasteiger partial charge in [-0.25, -0.2) is 0 Å². The van der Waals surface area contributed by atoms with Crippen molar-refractivity contribution in [2.45, 2.75) is 44.9 Å². The molecule has 140 valence electrons. The minimum Gasteiger partial charge on any atom is -0.487 e. The molecule has 2 aliphatic rings. The quantitative estimate of drug-likeness (QED) is 0.761. The van der Waals surface area contributed by atoms with E-state index < -0.39 is 0 Å². The maximum Gasteiger partial charge on any atom is 0.126 e. The Balaban J connectivity index is 0.00000196. The van der Waals surface area contributed by atoms with Gasteiger partial charge in [-0.3, -0.25) is 4.90 Å². The highest BCUT2D eigenvalue weighted by molar-refractivity contribution is 5.85. The van der Waals surface area contributed by atoms with Crippen molar-refractivity contribution in [3.63, 3.8) is 0 Å². The van der Waals surface area contributed by atoms with E-state index in [0.717, 1.165) is 38.4 Å². The number of halogens is 1. The van der Waals surface area contributed by atoms with Crippen LogP contribution in [0.1, 0.15) is 37.0 Å². The van der Waals surface area contributed by atoms with Crippen molar-refractivity contribution in [1.29, 1.82) is 0 Å². The van der Waals surface area contributed by atoms with E-state index in [1.165, 1.54) is 16.7 Å². The van der Waals surface area contributed by atoms with Gasteiger partial charge in [-0.05, 0) is 32.4 Å². The van der Waals surface area contributed by atoms with Crippen LogP contribution in [0.4, 0.5) is 0 Å². The number of hydrogen-bond acceptors (Lipinski definition) is 3. The van der Waals surface area contributed by atoms with Crippen LogP contribution in [0, 0.1) is 6.92 Å². The maximum atomic E-state index is 6.43. The van der Waals surface area contributed by atoms with Crippen molar-refractivity contribution in [3.05, 3.63) is 65.2 Å². The van der Waals surface area contributed by atoms with E-state index in [-0.39, 0.29) is 23.6 Å². The molecule has 2 heterocycles. The molecule has 0 aromatic heterocycles. The molecule has 0 bridgehead atoms. The van der Waals surface area contributed by atoms with Crippen molar-refractivity contribution < 1.29 is 9.47 Å². The molecule has 0 N–H and O–H groups in total. The molecular weight excluding hydrogens is 346 g/mol. The second-order valence-electron chi connectivity index (χ2n) is 8.07. The minimum atomic E-state index is -0.276. The lowest BCUT2D eigenvalue weighted by atomic mass is 9.79. The Kier molecular flexibility index (Phi) is 5.34. The third kappa shape index (κ3) is 3.75. The van der Waals surface area contributed by atoms with Gasteiger partial charge >= 0.3 is 0 Å². The standard InChI is InChI=1S/C22H27NO2.ClH/c1-17-8-10-18(11-9-17)14-23-12-13-24-22(16-23)15-21(2,3)25-20-7-5-4-6-19(20)22;/h4-11H,12-16H2,1-3H3;1H. The number of aryl methyl sites for hydroxylation is 1. The van der Waals surface area contributed by atoms with Gasteiger partial charge in [-0.2, -0.15) is 0 Å². The van der Waals surface area contributed by atoms with E-state index in [0.29, 0.717) is 0 Å². The molecule has 0 radical (unpaired) electrons. The van der Waals surface area contributed by atoms with Gasteiger partial charge < -0.3 is 9.47 Å². The fraction of sp³-hybridized carbons (Fsp3) is 0.455. The highest BCUT2D eigenvalue weighted by Gasteiger charge is 2.48. The molecule has 0 saturated carbocycles. The molecule has 4 rings (SSSR count). The Labute approximate surface area is 162 Å². The fourth-order valence-electron chi connectivity index (χ4n) is 4.26. The van der Waals surface area contributed by atoms with E-state index in [1.807, 2.05) is 6.07 Å². The van der Waals surface area contributed by atoms with Crippen molar-refractivity contribution in [2.75, 3.05) is 19.7 Å². The number of hydrogen-bond donors (Lipinski definition) is 0. The Morgan fingerprint density at radius 1 is 1.04 bits per heavy atom. The molecule has 1 spiro atoms. The van der Waals surface area contributed by atoms with Crippen molar-refractivity contribution >= 4 is 12.4 Å². The number of fused-ring (bicyclic) bond motifs is 2. The van der Waals surface area contributed by atoms with Gasteiger partial charge in [0.25, 0.3) is 0 Å². The largest absolute Gasteiger partial charge is 0.487 e. The van der Waals surface area contributed by atoms with Crippen LogP contribution in [0.25, 0.3) is 0 Å². The van der Waals surface area contributed by atoms with Crippen LogP contribution < -0.4 is 4.74 Å². The second kappa shape index (κ2) is 7.22. The monoisotopic (exact) mass is 373 g/mol. The second-order valence-corrected chi connectivity index (χ2v) is 8.07. The summed E-state index contributed by atoms with van der Waals surface area (Å²) in [4.78, 5) is 2.52. The first-order valence-corrected chi connectivity index (χ1v) is 9.16. The van der Waals surface area contributed by atoms with E-state index in [2.05, 4.69) is 68.1 Å². The van der Waals surface area contributed by atoms with E-state index in [4.69, 9.17) is 9.47 Å². The SMILES string of the molecule is Cc1ccc(CN2CCOC3(C2)CC(C)(C)Oc2ccccc23)cc1.Cl. The molecule has 0 aliphatic carbocycles. The summed E-state index contributed by atoms with van der Waals surface area (Å²) < 4.78 is 12.6. The maximum absolute atomic E-state index is 6.43. The molecule has 26 heavy (non-hydrogen) atoms. The number of rotatable bonds is 2. The normalized spacial score (nSPS) is 24.4. The molecule has 2 aromatic carbocycles. The zero-order valence-corrected chi connectivity index (χ0v) is 16.6. The Bertz CT molecular complexity index is 759. The van der Waals surface area contributed by atoms with E-state index in [1.54, 1.807) is 0 Å². The van der Waals surface area contributed by atoms with Crippen LogP contribution in [0.15, 0.2) is 48.5 Å². The van der Waals surface area contributed by atoms with E-state index in [9.17, 15) is 0 Å². The summed E-state index contributed by atoms with van der Waals surface area (Å²) in [6.07, 6.45) is 0.876. The molecule has 2 aliphatic heterocycles. The van der Waals surface area contributed by atoms with Crippen LogP contribution in [0.5, 0.6) is 5.75 Å². The Hall–Kier alpha value is -1.55. The third-order valence-corrected chi connectivity index (χ3v) is 5.27. The molecule has 1 unspecified atom stereocenters. The van der Waals surface area contributed by atoms with Crippen molar-refractivity contribution in [1.82, 2.24) is 4.90 Å². The summed E-state index contributed by atoms with van der Waals surface area (Å²) in [6.45, 7) is 10.1. The summed E-state index contributed by atoms with van der Waals surface area (Å²) in [6, 6.07) is 17.2. The van der Waals surface area contributed by atoms with Gasteiger partial charge in [0.05, 0.1) is 6.61 Å². The van der Waals surface area contributed by atoms with Crippen LogP contribution >= 0.6 is 12.4 Å². The summed E-state index contributed by atoms with van der Waals surface area (Å²) in [5.41, 5.74) is 3.37. The average molecular weight is 374 g/mol. The van der Waals surface area contributed by atoms with Crippen LogP contribution in [0.3, 0.4) is 0 Å². The number of morpholine rings is 1. The smallest absolute Gasteiger partial charge is 0.126 e. The van der Waals surface area contributed by atoms with Gasteiger partial charge in [-0.15, -0.1) is 12.4 Å². The summed E-state index contributed by atoms with van der Waals surface area (Å²) in [5.74, 6) is 0.968. The highest BCUT2D eigenvalue weighted by atomic mass is 35.5. The van der Waals surface area contributed by atoms with Crippen LogP contribution in [-0.4, -0.2) is 30.2 Å². The highest BCUT2D eigenvalue weighted by Crippen LogP contribution is 2.47. The molecule has 0 amide bonds. The lowest BCUT2D eigenvalue weighted by molar-refractivity contribution is -0.157. The predicted molar refractivity (Wildman–Crippen MR) is 107 cm³/mol. The summed E-state index contributed by atoms with van der Waals surface area (Å²) >= 11 is 0. The fourth-order valence-corrected chi connectivity index (χ4v) is 4.26. The van der Waals surface area contributed by atoms with E-state index >= 15 is 0 Å². The molecule has 2 aromatic rings. The zero-order chi connectivity index (χ0) is 17.5. The lowest BCUT2D eigenvalue weighted by Crippen LogP contribution is -2.55. The first kappa shape index (κ1) is 19.2. The van der Waals surface area contributed by atoms with Gasteiger partial charge in [0.1, 0.15) is 17.0 Å². The molecular formula is C22H28ClNO2. The number of para-hydroxylation sites is 1. The number of ether oxygens (including phenoxy) is 2. The third-order valence-electron chi connectivity index (χ3n) is 5.27. The van der Waals surface area contributed by atoms with Crippen molar-refractivity contribution in [3.8, 4) is 5.75 Å². The van der Waals surface area contributed by atoms with Crippen molar-refractivity contribution in [2.24, 2.45) is 0 Å². The van der Waals surface area contributed by atoms with Gasteiger partial charge in [-0.1, -0.05) is 48.0 Å². The van der Waals surface area contributed by atoms with Crippen LogP contribution in [-0.2, 0) is 16.9 Å². The molecule has 4 heteroatoms. The predicted octanol–water partition coefficient (Wildman–Crippen LogP) is 4.71. The molecule has 1 atom stereocenters. The lowest BCUT2D eigenvalue weighted by Gasteiger charge is -2.50. The minimum absolute atomic E-state index is 0. The van der Waals surface area contributed by atoms with Gasteiger partial charge in [0.15, 0.2) is 0 Å². The molecule has 1 fully saturated rings. The first-order valence-electron chi connectivity index (χ1n) is 9.16. The Morgan fingerprint density at radius 3 is 2.54 bits per heavy atom. The van der Waals surface area contributed by atoms with Gasteiger partial charge in [0, 0.05) is 31.6 Å². The molecule has 3 nitrogen and oxygen atoms in total. The zero-order valence-electron chi connectivity index (χ0n) is 15.8. The number of nitrogens with zero attached hydrogens (tertiary/aromatic N) is 1. The topological polar surface area (TPSA) is 21.7 Å².